The van der Waals surface area contributed by atoms with Gasteiger partial charge >= 0.3 is 0 Å². The van der Waals surface area contributed by atoms with Crippen LogP contribution in [0.1, 0.15) is 38.2 Å². The van der Waals surface area contributed by atoms with Crippen molar-refractivity contribution >= 4 is 5.69 Å². The second-order valence-electron chi connectivity index (χ2n) is 5.41. The number of rotatable bonds is 3. The first kappa shape index (κ1) is 19.4. The number of piperidine rings is 1. The van der Waals surface area contributed by atoms with Gasteiger partial charge in [0, 0.05) is 32.2 Å². The van der Waals surface area contributed by atoms with Gasteiger partial charge in [-0.15, -0.1) is 0 Å². The van der Waals surface area contributed by atoms with Gasteiger partial charge in [-0.25, -0.2) is 0 Å². The van der Waals surface area contributed by atoms with Crippen molar-refractivity contribution in [3.05, 3.63) is 23.8 Å². The molecule has 4 nitrogen and oxygen atoms in total. The zero-order valence-electron chi connectivity index (χ0n) is 12.5. The van der Waals surface area contributed by atoms with Crippen molar-refractivity contribution in [2.45, 2.75) is 38.6 Å². The number of nitrogens with two attached hydrogens (primary N) is 1. The van der Waals surface area contributed by atoms with Crippen molar-refractivity contribution < 1.29 is 30.6 Å². The van der Waals surface area contributed by atoms with Gasteiger partial charge in [-0.2, -0.15) is 0 Å². The molecule has 4 N–H and O–H groups in total. The van der Waals surface area contributed by atoms with Crippen LogP contribution >= 0.6 is 0 Å². The van der Waals surface area contributed by atoms with E-state index < -0.39 is 0 Å². The van der Waals surface area contributed by atoms with Gasteiger partial charge in [0.15, 0.2) is 0 Å². The van der Waals surface area contributed by atoms with Gasteiger partial charge in [0.05, 0.1) is 7.11 Å². The molecule has 0 radical (unpaired) electrons. The van der Waals surface area contributed by atoms with Crippen LogP contribution in [0.2, 0.25) is 0 Å². The van der Waals surface area contributed by atoms with E-state index in [1.54, 1.807) is 7.11 Å². The summed E-state index contributed by atoms with van der Waals surface area (Å²) in [6.45, 7) is 6.86. The number of benzene rings is 1. The number of anilines is 1. The Labute approximate surface area is 135 Å². The van der Waals surface area contributed by atoms with Gasteiger partial charge in [-0.1, -0.05) is 0 Å². The summed E-state index contributed by atoms with van der Waals surface area (Å²) in [5.41, 5.74) is 8.01. The number of hydrogen-bond acceptors (Lipinski definition) is 3. The fraction of sp³-hybridized carbons (Fsp3) is 0.600. The second-order valence-corrected chi connectivity index (χ2v) is 5.41. The predicted octanol–water partition coefficient (Wildman–Crippen LogP) is 2.04. The summed E-state index contributed by atoms with van der Waals surface area (Å²) >= 11 is 0. The summed E-state index contributed by atoms with van der Waals surface area (Å²) in [7, 11) is 1.73. The van der Waals surface area contributed by atoms with E-state index >= 15 is 0 Å². The molecule has 1 aromatic rings. The van der Waals surface area contributed by atoms with Gasteiger partial charge in [-0.3, -0.25) is 0 Å². The van der Waals surface area contributed by atoms with Gasteiger partial charge in [0.2, 0.25) is 0 Å². The number of methoxy groups -OCH3 is 1. The fourth-order valence-electron chi connectivity index (χ4n) is 2.80. The Balaban J connectivity index is 0.00000180. The van der Waals surface area contributed by atoms with E-state index in [4.69, 9.17) is 10.5 Å². The first-order valence-electron chi connectivity index (χ1n) is 6.79. The van der Waals surface area contributed by atoms with Crippen LogP contribution in [0.4, 0.5) is 5.69 Å². The van der Waals surface area contributed by atoms with Crippen LogP contribution in [-0.2, 0) is 20.4 Å². The van der Waals surface area contributed by atoms with E-state index in [9.17, 15) is 0 Å². The van der Waals surface area contributed by atoms with Crippen LogP contribution in [0.5, 0.6) is 5.75 Å². The van der Waals surface area contributed by atoms with E-state index in [-0.39, 0.29) is 25.9 Å². The Hall–Kier alpha value is -0.598. The molecule has 1 heterocycles. The summed E-state index contributed by atoms with van der Waals surface area (Å²) in [6.07, 6.45) is 2.38. The van der Waals surface area contributed by atoms with Crippen molar-refractivity contribution in [1.29, 1.82) is 0 Å². The largest absolute Gasteiger partial charge is 0.496 e. The summed E-state index contributed by atoms with van der Waals surface area (Å²) in [5.74, 6) is 1.56. The number of ether oxygens (including phenoxy) is 1. The number of nitrogens with zero attached hydrogens (tertiary/aromatic N) is 1. The molecule has 0 spiro atoms. The Morgan fingerprint density at radius 2 is 1.85 bits per heavy atom. The van der Waals surface area contributed by atoms with Crippen molar-refractivity contribution in [3.8, 4) is 5.75 Å². The minimum Gasteiger partial charge on any atom is -0.496 e. The van der Waals surface area contributed by atoms with Gasteiger partial charge in [0.1, 0.15) is 5.75 Å². The maximum Gasteiger partial charge on any atom is 0.122 e. The Bertz CT molecular complexity index is 405. The molecule has 118 valence electrons. The van der Waals surface area contributed by atoms with E-state index in [0.29, 0.717) is 12.0 Å². The molecule has 1 aliphatic heterocycles. The number of nitrogen functional groups attached to an aromatic ring is 1. The molecule has 1 fully saturated rings. The van der Waals surface area contributed by atoms with Crippen molar-refractivity contribution in [1.82, 2.24) is 4.90 Å². The van der Waals surface area contributed by atoms with Crippen LogP contribution in [0.15, 0.2) is 18.2 Å². The third-order valence-corrected chi connectivity index (χ3v) is 3.95. The molecule has 0 amide bonds. The molecule has 0 aromatic heterocycles. The molecular weight excluding hydrogens is 347 g/mol. The molecule has 0 atom stereocenters. The Kier molecular flexibility index (Phi) is 8.38. The molecule has 1 aromatic carbocycles. The maximum atomic E-state index is 5.90. The van der Waals surface area contributed by atoms with Crippen LogP contribution in [0.3, 0.4) is 0 Å². The minimum atomic E-state index is 0. The van der Waals surface area contributed by atoms with Gasteiger partial charge in [0.25, 0.3) is 0 Å². The summed E-state index contributed by atoms with van der Waals surface area (Å²) in [5, 5.41) is 0. The van der Waals surface area contributed by atoms with E-state index in [1.165, 1.54) is 31.5 Å². The molecule has 5 heteroatoms. The topological polar surface area (TPSA) is 70.0 Å². The summed E-state index contributed by atoms with van der Waals surface area (Å²) < 4.78 is 5.46. The predicted molar refractivity (Wildman–Crippen MR) is 79.7 cm³/mol. The van der Waals surface area contributed by atoms with Crippen LogP contribution < -0.4 is 10.5 Å². The average molecular weight is 373 g/mol. The van der Waals surface area contributed by atoms with Crippen molar-refractivity contribution in [2.75, 3.05) is 25.9 Å². The SMILES string of the molecule is COc1ccc(N)cc1C1CCN(C(C)C)CC1.O.[Pd]. The molecular formula is C15H26N2O2Pd. The minimum absolute atomic E-state index is 0. The zero-order valence-corrected chi connectivity index (χ0v) is 14.0. The smallest absolute Gasteiger partial charge is 0.122 e. The number of hydrogen-bond donors (Lipinski definition) is 1. The third-order valence-electron chi connectivity index (χ3n) is 3.95. The van der Waals surface area contributed by atoms with Crippen molar-refractivity contribution in [2.24, 2.45) is 0 Å². The van der Waals surface area contributed by atoms with Gasteiger partial charge in [-0.05, 0) is 69.5 Å². The molecule has 0 unspecified atom stereocenters. The first-order chi connectivity index (χ1) is 8.61. The molecule has 20 heavy (non-hydrogen) atoms. The summed E-state index contributed by atoms with van der Waals surface area (Å²) in [6, 6.07) is 6.62. The molecule has 1 aliphatic rings. The standard InChI is InChI=1S/C15H24N2O.H2O.Pd/c1-11(2)17-8-6-12(7-9-17)14-10-13(16)4-5-15(14)18-3;;/h4-5,10-12H,6-9,16H2,1-3H3;1H2;. The monoisotopic (exact) mass is 372 g/mol. The third kappa shape index (κ3) is 4.46. The molecule has 0 aliphatic carbocycles. The van der Waals surface area contributed by atoms with Gasteiger partial charge < -0.3 is 20.8 Å². The second kappa shape index (κ2) is 8.64. The van der Waals surface area contributed by atoms with E-state index in [0.717, 1.165) is 11.4 Å². The van der Waals surface area contributed by atoms with Crippen molar-refractivity contribution in [3.63, 3.8) is 0 Å². The Morgan fingerprint density at radius 1 is 1.25 bits per heavy atom. The maximum absolute atomic E-state index is 5.90. The quantitative estimate of drug-likeness (QED) is 0.652. The molecule has 0 bridgehead atoms. The summed E-state index contributed by atoms with van der Waals surface area (Å²) in [4.78, 5) is 2.54. The van der Waals surface area contributed by atoms with E-state index in [2.05, 4.69) is 24.8 Å². The van der Waals surface area contributed by atoms with Crippen LogP contribution in [0, 0.1) is 0 Å². The fourth-order valence-corrected chi connectivity index (χ4v) is 2.80. The number of likely N-dealkylation sites (tertiary alicyclic amines) is 1. The molecule has 2 rings (SSSR count). The first-order valence-corrected chi connectivity index (χ1v) is 6.79. The average Bonchev–Trinajstić information content (AvgIpc) is 2.39. The zero-order chi connectivity index (χ0) is 13.1. The van der Waals surface area contributed by atoms with Crippen LogP contribution in [0.25, 0.3) is 0 Å². The normalized spacial score (nSPS) is 16.4. The molecule has 1 saturated heterocycles. The van der Waals surface area contributed by atoms with Crippen LogP contribution in [-0.4, -0.2) is 36.6 Å². The Morgan fingerprint density at radius 3 is 2.35 bits per heavy atom. The molecule has 0 saturated carbocycles. The van der Waals surface area contributed by atoms with E-state index in [1.807, 2.05) is 12.1 Å².